The molecule has 0 amide bonds. The van der Waals surface area contributed by atoms with Gasteiger partial charge in [0.05, 0.1) is 18.1 Å². The Hall–Kier alpha value is -1.49. The van der Waals surface area contributed by atoms with Crippen molar-refractivity contribution in [1.82, 2.24) is 0 Å². The van der Waals surface area contributed by atoms with Gasteiger partial charge in [0.1, 0.15) is 5.75 Å². The second kappa shape index (κ2) is 6.44. The van der Waals surface area contributed by atoms with Gasteiger partial charge in [0.25, 0.3) is 0 Å². The van der Waals surface area contributed by atoms with E-state index in [1.54, 1.807) is 0 Å². The lowest BCUT2D eigenvalue weighted by atomic mass is 9.90. The van der Waals surface area contributed by atoms with Crippen LogP contribution in [0.2, 0.25) is 0 Å². The first-order valence-corrected chi connectivity index (χ1v) is 6.58. The third-order valence-corrected chi connectivity index (χ3v) is 3.06. The molecule has 1 rings (SSSR count). The molecule has 98 valence electrons. The average molecular weight is 245 g/mol. The molecule has 0 aliphatic rings. The SMILES string of the molecule is CC(C)c1ccc(OCCCC(C)(C)C#N)cc1. The first-order valence-electron chi connectivity index (χ1n) is 6.58. The maximum atomic E-state index is 8.90. The van der Waals surface area contributed by atoms with Gasteiger partial charge in [-0.2, -0.15) is 5.26 Å². The van der Waals surface area contributed by atoms with Gasteiger partial charge in [-0.05, 0) is 50.3 Å². The summed E-state index contributed by atoms with van der Waals surface area (Å²) in [5, 5.41) is 8.90. The molecule has 0 aliphatic heterocycles. The third-order valence-electron chi connectivity index (χ3n) is 3.06. The molecule has 0 unspecified atom stereocenters. The fourth-order valence-corrected chi connectivity index (χ4v) is 1.71. The van der Waals surface area contributed by atoms with Crippen LogP contribution < -0.4 is 4.74 Å². The van der Waals surface area contributed by atoms with E-state index in [0.29, 0.717) is 12.5 Å². The summed E-state index contributed by atoms with van der Waals surface area (Å²) in [5.41, 5.74) is 1.08. The minimum absolute atomic E-state index is 0.245. The molecule has 2 heteroatoms. The zero-order valence-corrected chi connectivity index (χ0v) is 11.9. The van der Waals surface area contributed by atoms with Crippen molar-refractivity contribution in [2.45, 2.75) is 46.5 Å². The topological polar surface area (TPSA) is 33.0 Å². The molecule has 1 aromatic carbocycles. The van der Waals surface area contributed by atoms with Crippen LogP contribution >= 0.6 is 0 Å². The zero-order valence-electron chi connectivity index (χ0n) is 11.9. The number of ether oxygens (including phenoxy) is 1. The fraction of sp³-hybridized carbons (Fsp3) is 0.562. The van der Waals surface area contributed by atoms with Crippen molar-refractivity contribution in [2.75, 3.05) is 6.61 Å². The molecule has 0 atom stereocenters. The number of hydrogen-bond acceptors (Lipinski definition) is 2. The number of nitriles is 1. The van der Waals surface area contributed by atoms with Crippen LogP contribution in [0.5, 0.6) is 5.75 Å². The summed E-state index contributed by atoms with van der Waals surface area (Å²) in [4.78, 5) is 0. The first-order chi connectivity index (χ1) is 8.44. The summed E-state index contributed by atoms with van der Waals surface area (Å²) in [5.74, 6) is 1.46. The van der Waals surface area contributed by atoms with Crippen LogP contribution in [-0.4, -0.2) is 6.61 Å². The summed E-state index contributed by atoms with van der Waals surface area (Å²) >= 11 is 0. The molecular formula is C16H23NO. The molecular weight excluding hydrogens is 222 g/mol. The first kappa shape index (κ1) is 14.6. The average Bonchev–Trinajstić information content (AvgIpc) is 2.35. The summed E-state index contributed by atoms with van der Waals surface area (Å²) in [7, 11) is 0. The Morgan fingerprint density at radius 3 is 2.33 bits per heavy atom. The lowest BCUT2D eigenvalue weighted by Gasteiger charge is -2.15. The molecule has 0 N–H and O–H groups in total. The normalized spacial score (nSPS) is 11.3. The van der Waals surface area contributed by atoms with Crippen molar-refractivity contribution in [1.29, 1.82) is 5.26 Å². The molecule has 1 aromatic rings. The van der Waals surface area contributed by atoms with Crippen LogP contribution in [-0.2, 0) is 0 Å². The van der Waals surface area contributed by atoms with E-state index in [1.165, 1.54) is 5.56 Å². The van der Waals surface area contributed by atoms with Crippen molar-refractivity contribution in [3.63, 3.8) is 0 Å². The van der Waals surface area contributed by atoms with E-state index in [-0.39, 0.29) is 5.41 Å². The van der Waals surface area contributed by atoms with Gasteiger partial charge < -0.3 is 4.74 Å². The van der Waals surface area contributed by atoms with Gasteiger partial charge in [0, 0.05) is 0 Å². The molecule has 0 spiro atoms. The number of hydrogen-bond donors (Lipinski definition) is 0. The maximum absolute atomic E-state index is 8.90. The highest BCUT2D eigenvalue weighted by Gasteiger charge is 2.15. The third kappa shape index (κ3) is 4.79. The van der Waals surface area contributed by atoms with Gasteiger partial charge in [-0.25, -0.2) is 0 Å². The predicted molar refractivity (Wildman–Crippen MR) is 74.7 cm³/mol. The Morgan fingerprint density at radius 2 is 1.83 bits per heavy atom. The van der Waals surface area contributed by atoms with E-state index >= 15 is 0 Å². The quantitative estimate of drug-likeness (QED) is 0.690. The lowest BCUT2D eigenvalue weighted by Crippen LogP contribution is -2.10. The molecule has 2 nitrogen and oxygen atoms in total. The van der Waals surface area contributed by atoms with Gasteiger partial charge in [0.15, 0.2) is 0 Å². The van der Waals surface area contributed by atoms with Crippen molar-refractivity contribution < 1.29 is 4.74 Å². The second-order valence-electron chi connectivity index (χ2n) is 5.67. The van der Waals surface area contributed by atoms with E-state index in [4.69, 9.17) is 10.00 Å². The van der Waals surface area contributed by atoms with Gasteiger partial charge in [-0.3, -0.25) is 0 Å². The number of benzene rings is 1. The molecule has 0 aromatic heterocycles. The number of nitrogens with zero attached hydrogens (tertiary/aromatic N) is 1. The maximum Gasteiger partial charge on any atom is 0.119 e. The van der Waals surface area contributed by atoms with Crippen LogP contribution in [0.25, 0.3) is 0 Å². The smallest absolute Gasteiger partial charge is 0.119 e. The van der Waals surface area contributed by atoms with Crippen LogP contribution in [0, 0.1) is 16.7 Å². The van der Waals surface area contributed by atoms with Gasteiger partial charge >= 0.3 is 0 Å². The Labute approximate surface area is 111 Å². The van der Waals surface area contributed by atoms with E-state index < -0.39 is 0 Å². The van der Waals surface area contributed by atoms with Crippen LogP contribution in [0.3, 0.4) is 0 Å². The van der Waals surface area contributed by atoms with E-state index in [1.807, 2.05) is 26.0 Å². The fourth-order valence-electron chi connectivity index (χ4n) is 1.71. The Morgan fingerprint density at radius 1 is 1.22 bits per heavy atom. The second-order valence-corrected chi connectivity index (χ2v) is 5.67. The Kier molecular flexibility index (Phi) is 5.22. The van der Waals surface area contributed by atoms with Crippen molar-refractivity contribution in [3.8, 4) is 11.8 Å². The van der Waals surface area contributed by atoms with Crippen LogP contribution in [0.4, 0.5) is 0 Å². The molecule has 0 heterocycles. The van der Waals surface area contributed by atoms with E-state index in [0.717, 1.165) is 18.6 Å². The Bertz CT molecular complexity index is 398. The standard InChI is InChI=1S/C16H23NO/c1-13(2)14-6-8-15(9-7-14)18-11-5-10-16(3,4)12-17/h6-9,13H,5,10-11H2,1-4H3. The van der Waals surface area contributed by atoms with Crippen molar-refractivity contribution in [2.24, 2.45) is 5.41 Å². The Balaban J connectivity index is 2.34. The lowest BCUT2D eigenvalue weighted by molar-refractivity contribution is 0.284. The summed E-state index contributed by atoms with van der Waals surface area (Å²) in [6, 6.07) is 10.6. The van der Waals surface area contributed by atoms with Crippen LogP contribution in [0.15, 0.2) is 24.3 Å². The number of rotatable bonds is 6. The molecule has 18 heavy (non-hydrogen) atoms. The summed E-state index contributed by atoms with van der Waals surface area (Å²) in [6.07, 6.45) is 1.78. The van der Waals surface area contributed by atoms with Gasteiger partial charge in [0.2, 0.25) is 0 Å². The zero-order chi connectivity index (χ0) is 13.6. The summed E-state index contributed by atoms with van der Waals surface area (Å²) in [6.45, 7) is 8.96. The summed E-state index contributed by atoms with van der Waals surface area (Å²) < 4.78 is 5.67. The highest BCUT2D eigenvalue weighted by atomic mass is 16.5. The predicted octanol–water partition coefficient (Wildman–Crippen LogP) is 4.52. The highest BCUT2D eigenvalue weighted by Crippen LogP contribution is 2.22. The monoisotopic (exact) mass is 245 g/mol. The van der Waals surface area contributed by atoms with E-state index in [9.17, 15) is 0 Å². The highest BCUT2D eigenvalue weighted by molar-refractivity contribution is 5.28. The van der Waals surface area contributed by atoms with Crippen molar-refractivity contribution >= 4 is 0 Å². The molecule has 0 fully saturated rings. The molecule has 0 saturated carbocycles. The van der Waals surface area contributed by atoms with Gasteiger partial charge in [-0.15, -0.1) is 0 Å². The largest absolute Gasteiger partial charge is 0.494 e. The molecule has 0 saturated heterocycles. The van der Waals surface area contributed by atoms with Crippen LogP contribution in [0.1, 0.15) is 52.0 Å². The van der Waals surface area contributed by atoms with Gasteiger partial charge in [-0.1, -0.05) is 26.0 Å². The minimum Gasteiger partial charge on any atom is -0.494 e. The molecule has 0 bridgehead atoms. The van der Waals surface area contributed by atoms with E-state index in [2.05, 4.69) is 32.0 Å². The minimum atomic E-state index is -0.245. The molecule has 0 radical (unpaired) electrons. The van der Waals surface area contributed by atoms with Crippen molar-refractivity contribution in [3.05, 3.63) is 29.8 Å². The molecule has 0 aliphatic carbocycles.